The minimum absolute atomic E-state index is 0.0114. The van der Waals surface area contributed by atoms with E-state index < -0.39 is 18.0 Å². The standard InChI is InChI=1S/C10H6F3N3O2/c11-10(12,13)8-6(5-16(15-8)9(17)18)7-3-1-2-4-14-7/h1-5H,(H,17,18). The summed E-state index contributed by atoms with van der Waals surface area (Å²) < 4.78 is 38.4. The fraction of sp³-hybridized carbons (Fsp3) is 0.100. The molecule has 0 spiro atoms. The maximum absolute atomic E-state index is 12.7. The number of hydrogen-bond donors (Lipinski definition) is 1. The van der Waals surface area contributed by atoms with E-state index in [1.54, 1.807) is 6.07 Å². The van der Waals surface area contributed by atoms with Crippen LogP contribution in [0.25, 0.3) is 11.3 Å². The van der Waals surface area contributed by atoms with Crippen LogP contribution in [0, 0.1) is 0 Å². The third-order valence-corrected chi connectivity index (χ3v) is 2.12. The first-order chi connectivity index (χ1) is 8.39. The smallest absolute Gasteiger partial charge is 0.435 e. The van der Waals surface area contributed by atoms with E-state index in [0.717, 1.165) is 6.20 Å². The Morgan fingerprint density at radius 2 is 2.06 bits per heavy atom. The molecule has 0 fully saturated rings. The summed E-state index contributed by atoms with van der Waals surface area (Å²) in [5, 5.41) is 11.7. The molecule has 0 aliphatic carbocycles. The van der Waals surface area contributed by atoms with Crippen molar-refractivity contribution in [3.63, 3.8) is 0 Å². The number of rotatable bonds is 1. The van der Waals surface area contributed by atoms with Crippen molar-refractivity contribution >= 4 is 6.09 Å². The summed E-state index contributed by atoms with van der Waals surface area (Å²) in [5.41, 5.74) is -1.63. The summed E-state index contributed by atoms with van der Waals surface area (Å²) >= 11 is 0. The fourth-order valence-corrected chi connectivity index (χ4v) is 1.39. The lowest BCUT2D eigenvalue weighted by Crippen LogP contribution is -2.12. The quantitative estimate of drug-likeness (QED) is 0.852. The first kappa shape index (κ1) is 12.1. The number of alkyl halides is 3. The van der Waals surface area contributed by atoms with Crippen LogP contribution in [0.3, 0.4) is 0 Å². The monoisotopic (exact) mass is 257 g/mol. The van der Waals surface area contributed by atoms with Gasteiger partial charge in [0.15, 0.2) is 5.69 Å². The molecule has 0 amide bonds. The van der Waals surface area contributed by atoms with E-state index in [1.807, 2.05) is 0 Å². The van der Waals surface area contributed by atoms with E-state index in [9.17, 15) is 18.0 Å². The van der Waals surface area contributed by atoms with E-state index in [2.05, 4.69) is 10.1 Å². The van der Waals surface area contributed by atoms with Crippen LogP contribution in [0.2, 0.25) is 0 Å². The highest BCUT2D eigenvalue weighted by molar-refractivity contribution is 5.71. The Labute approximate surface area is 98.5 Å². The topological polar surface area (TPSA) is 68.0 Å². The predicted molar refractivity (Wildman–Crippen MR) is 53.9 cm³/mol. The molecular weight excluding hydrogens is 251 g/mol. The minimum Gasteiger partial charge on any atom is -0.463 e. The largest absolute Gasteiger partial charge is 0.463 e. The molecule has 0 aromatic carbocycles. The summed E-state index contributed by atoms with van der Waals surface area (Å²) in [6, 6.07) is 4.39. The Hall–Kier alpha value is -2.38. The molecule has 5 nitrogen and oxygen atoms in total. The van der Waals surface area contributed by atoms with Crippen LogP contribution < -0.4 is 0 Å². The summed E-state index contributed by atoms with van der Waals surface area (Å²) in [5.74, 6) is 0. The Bertz CT molecular complexity index is 578. The molecule has 0 atom stereocenters. The van der Waals surface area contributed by atoms with Gasteiger partial charge < -0.3 is 5.11 Å². The van der Waals surface area contributed by atoms with Crippen LogP contribution in [0.5, 0.6) is 0 Å². The summed E-state index contributed by atoms with van der Waals surface area (Å²) in [6.07, 6.45) is -4.24. The molecule has 8 heteroatoms. The molecule has 0 radical (unpaired) electrons. The van der Waals surface area contributed by atoms with E-state index in [-0.39, 0.29) is 15.9 Å². The molecule has 2 rings (SSSR count). The van der Waals surface area contributed by atoms with E-state index in [0.29, 0.717) is 0 Å². The van der Waals surface area contributed by atoms with Crippen LogP contribution in [0.4, 0.5) is 18.0 Å². The van der Waals surface area contributed by atoms with Gasteiger partial charge in [-0.25, -0.2) is 4.79 Å². The molecule has 18 heavy (non-hydrogen) atoms. The molecule has 0 bridgehead atoms. The van der Waals surface area contributed by atoms with Crippen LogP contribution in [-0.4, -0.2) is 26.0 Å². The Balaban J connectivity index is 2.62. The van der Waals surface area contributed by atoms with Gasteiger partial charge in [0.05, 0.1) is 11.3 Å². The third kappa shape index (κ3) is 2.17. The zero-order valence-corrected chi connectivity index (χ0v) is 8.72. The highest BCUT2D eigenvalue weighted by Gasteiger charge is 2.38. The van der Waals surface area contributed by atoms with Gasteiger partial charge in [0.2, 0.25) is 0 Å². The Morgan fingerprint density at radius 1 is 1.33 bits per heavy atom. The minimum atomic E-state index is -4.74. The second-order valence-corrected chi connectivity index (χ2v) is 3.33. The van der Waals surface area contributed by atoms with Gasteiger partial charge in [-0.2, -0.15) is 23.0 Å². The number of carbonyl (C=O) groups is 1. The maximum Gasteiger partial charge on any atom is 0.435 e. The zero-order chi connectivity index (χ0) is 13.3. The molecular formula is C10H6F3N3O2. The van der Waals surface area contributed by atoms with Gasteiger partial charge in [-0.15, -0.1) is 0 Å². The lowest BCUT2D eigenvalue weighted by atomic mass is 10.1. The van der Waals surface area contributed by atoms with Crippen molar-refractivity contribution < 1.29 is 23.1 Å². The third-order valence-electron chi connectivity index (χ3n) is 2.12. The molecule has 2 aromatic heterocycles. The second-order valence-electron chi connectivity index (χ2n) is 3.33. The summed E-state index contributed by atoms with van der Waals surface area (Å²) in [7, 11) is 0. The molecule has 0 saturated heterocycles. The number of halogens is 3. The van der Waals surface area contributed by atoms with Gasteiger partial charge in [0.25, 0.3) is 0 Å². The number of aromatic nitrogens is 3. The van der Waals surface area contributed by atoms with Gasteiger partial charge >= 0.3 is 12.3 Å². The van der Waals surface area contributed by atoms with Crippen molar-refractivity contribution in [2.75, 3.05) is 0 Å². The number of pyridine rings is 1. The highest BCUT2D eigenvalue weighted by atomic mass is 19.4. The van der Waals surface area contributed by atoms with Crippen molar-refractivity contribution in [2.45, 2.75) is 6.18 Å². The SMILES string of the molecule is O=C(O)n1cc(-c2ccccn2)c(C(F)(F)F)n1. The lowest BCUT2D eigenvalue weighted by molar-refractivity contribution is -0.140. The molecule has 2 aromatic rings. The molecule has 2 heterocycles. The van der Waals surface area contributed by atoms with E-state index >= 15 is 0 Å². The van der Waals surface area contributed by atoms with Crippen molar-refractivity contribution in [1.82, 2.24) is 14.8 Å². The normalized spacial score (nSPS) is 11.5. The molecule has 0 aliphatic heterocycles. The van der Waals surface area contributed by atoms with Crippen LogP contribution >= 0.6 is 0 Å². The second kappa shape index (κ2) is 4.13. The van der Waals surface area contributed by atoms with Crippen molar-refractivity contribution in [1.29, 1.82) is 0 Å². The van der Waals surface area contributed by atoms with Crippen LogP contribution in [0.1, 0.15) is 5.69 Å². The fourth-order valence-electron chi connectivity index (χ4n) is 1.39. The molecule has 0 unspecified atom stereocenters. The van der Waals surface area contributed by atoms with Crippen molar-refractivity contribution in [2.24, 2.45) is 0 Å². The first-order valence-electron chi connectivity index (χ1n) is 4.71. The molecule has 0 saturated carbocycles. The Morgan fingerprint density at radius 3 is 2.56 bits per heavy atom. The summed E-state index contributed by atoms with van der Waals surface area (Å²) in [4.78, 5) is 14.4. The molecule has 1 N–H and O–H groups in total. The van der Waals surface area contributed by atoms with Crippen molar-refractivity contribution in [3.8, 4) is 11.3 Å². The van der Waals surface area contributed by atoms with E-state index in [1.165, 1.54) is 18.3 Å². The van der Waals surface area contributed by atoms with Gasteiger partial charge in [-0.1, -0.05) is 6.07 Å². The number of hydrogen-bond acceptors (Lipinski definition) is 3. The average Bonchev–Trinajstić information content (AvgIpc) is 2.74. The highest BCUT2D eigenvalue weighted by Crippen LogP contribution is 2.35. The number of nitrogens with zero attached hydrogens (tertiary/aromatic N) is 3. The zero-order valence-electron chi connectivity index (χ0n) is 8.72. The van der Waals surface area contributed by atoms with Gasteiger partial charge in [0.1, 0.15) is 0 Å². The average molecular weight is 257 g/mol. The Kier molecular flexibility index (Phi) is 2.77. The predicted octanol–water partition coefficient (Wildman–Crippen LogP) is 2.49. The molecule has 0 aliphatic rings. The number of carboxylic acid groups (broad SMARTS) is 1. The van der Waals surface area contributed by atoms with Gasteiger partial charge in [-0.3, -0.25) is 4.98 Å². The van der Waals surface area contributed by atoms with Crippen LogP contribution in [0.15, 0.2) is 30.6 Å². The maximum atomic E-state index is 12.7. The summed E-state index contributed by atoms with van der Waals surface area (Å²) in [6.45, 7) is 0. The van der Waals surface area contributed by atoms with Gasteiger partial charge in [0, 0.05) is 12.4 Å². The van der Waals surface area contributed by atoms with Crippen molar-refractivity contribution in [3.05, 3.63) is 36.3 Å². The molecule has 94 valence electrons. The first-order valence-corrected chi connectivity index (χ1v) is 4.71. The van der Waals surface area contributed by atoms with Gasteiger partial charge in [-0.05, 0) is 12.1 Å². The van der Waals surface area contributed by atoms with E-state index in [4.69, 9.17) is 5.11 Å². The lowest BCUT2D eigenvalue weighted by Gasteiger charge is -2.04. The van der Waals surface area contributed by atoms with Crippen LogP contribution in [-0.2, 0) is 6.18 Å².